The highest BCUT2D eigenvalue weighted by Crippen LogP contribution is 2.34. The van der Waals surface area contributed by atoms with E-state index < -0.39 is 0 Å². The Morgan fingerprint density at radius 3 is 2.63 bits per heavy atom. The molecule has 98 valence electrons. The molecule has 1 aromatic heterocycles. The van der Waals surface area contributed by atoms with Gasteiger partial charge in [-0.05, 0) is 37.1 Å². The van der Waals surface area contributed by atoms with Crippen LogP contribution in [0.2, 0.25) is 0 Å². The highest BCUT2D eigenvalue weighted by Gasteiger charge is 2.33. The number of carbonyl (C=O) groups excluding carboxylic acids is 1. The third kappa shape index (κ3) is 2.49. The second-order valence-electron chi connectivity index (χ2n) is 4.57. The molecular weight excluding hydrogens is 265 g/mol. The van der Waals surface area contributed by atoms with Crippen LogP contribution in [0.3, 0.4) is 0 Å². The minimum atomic E-state index is -0.283. The molecule has 0 N–H and O–H groups in total. The van der Waals surface area contributed by atoms with Gasteiger partial charge in [-0.1, -0.05) is 11.3 Å². The van der Waals surface area contributed by atoms with Crippen molar-refractivity contribution in [2.24, 2.45) is 5.92 Å². The standard InChI is InChI=1S/C13H12FN3OS/c1-17(12(18)9-2-3-9)13-16-15-11(19-13)8-4-6-10(14)7-5-8/h4-7,9H,2-3H2,1H3. The lowest BCUT2D eigenvalue weighted by atomic mass is 10.2. The summed E-state index contributed by atoms with van der Waals surface area (Å²) in [4.78, 5) is 13.5. The van der Waals surface area contributed by atoms with Crippen molar-refractivity contribution in [3.63, 3.8) is 0 Å². The van der Waals surface area contributed by atoms with Gasteiger partial charge in [0.25, 0.3) is 0 Å². The Morgan fingerprint density at radius 2 is 2.00 bits per heavy atom. The molecular formula is C13H12FN3OS. The second-order valence-corrected chi connectivity index (χ2v) is 5.52. The van der Waals surface area contributed by atoms with E-state index in [-0.39, 0.29) is 17.6 Å². The molecule has 1 aromatic carbocycles. The number of aromatic nitrogens is 2. The van der Waals surface area contributed by atoms with Crippen molar-refractivity contribution in [2.45, 2.75) is 12.8 Å². The molecule has 1 amide bonds. The van der Waals surface area contributed by atoms with Crippen molar-refractivity contribution in [1.82, 2.24) is 10.2 Å². The van der Waals surface area contributed by atoms with E-state index in [1.54, 1.807) is 24.1 Å². The molecule has 0 unspecified atom stereocenters. The topological polar surface area (TPSA) is 46.1 Å². The van der Waals surface area contributed by atoms with Crippen LogP contribution in [0.1, 0.15) is 12.8 Å². The number of carbonyl (C=O) groups is 1. The summed E-state index contributed by atoms with van der Waals surface area (Å²) in [6.07, 6.45) is 1.93. The Morgan fingerprint density at radius 1 is 1.32 bits per heavy atom. The van der Waals surface area contributed by atoms with E-state index in [0.29, 0.717) is 10.1 Å². The van der Waals surface area contributed by atoms with Crippen molar-refractivity contribution < 1.29 is 9.18 Å². The second kappa shape index (κ2) is 4.70. The molecule has 2 aromatic rings. The van der Waals surface area contributed by atoms with Gasteiger partial charge in [0, 0.05) is 18.5 Å². The van der Waals surface area contributed by atoms with E-state index in [4.69, 9.17) is 0 Å². The lowest BCUT2D eigenvalue weighted by Crippen LogP contribution is -2.27. The zero-order valence-electron chi connectivity index (χ0n) is 10.3. The molecule has 1 fully saturated rings. The summed E-state index contributed by atoms with van der Waals surface area (Å²) in [5.41, 5.74) is 0.803. The molecule has 0 radical (unpaired) electrons. The number of hydrogen-bond donors (Lipinski definition) is 0. The fraction of sp³-hybridized carbons (Fsp3) is 0.308. The Kier molecular flexibility index (Phi) is 3.02. The fourth-order valence-electron chi connectivity index (χ4n) is 1.76. The molecule has 0 atom stereocenters. The predicted molar refractivity (Wildman–Crippen MR) is 71.4 cm³/mol. The van der Waals surface area contributed by atoms with Gasteiger partial charge in [-0.25, -0.2) is 4.39 Å². The fourth-order valence-corrected chi connectivity index (χ4v) is 2.58. The van der Waals surface area contributed by atoms with Crippen LogP contribution in [0.25, 0.3) is 10.6 Å². The number of benzene rings is 1. The largest absolute Gasteiger partial charge is 0.290 e. The number of anilines is 1. The van der Waals surface area contributed by atoms with Crippen LogP contribution in [-0.2, 0) is 4.79 Å². The molecule has 0 saturated heterocycles. The minimum Gasteiger partial charge on any atom is -0.290 e. The average Bonchev–Trinajstić information content (AvgIpc) is 3.16. The minimum absolute atomic E-state index is 0.0989. The van der Waals surface area contributed by atoms with Gasteiger partial charge in [0.2, 0.25) is 11.0 Å². The number of amides is 1. The van der Waals surface area contributed by atoms with Gasteiger partial charge in [0.1, 0.15) is 10.8 Å². The number of nitrogens with zero attached hydrogens (tertiary/aromatic N) is 3. The van der Waals surface area contributed by atoms with Crippen molar-refractivity contribution in [3.8, 4) is 10.6 Å². The predicted octanol–water partition coefficient (Wildman–Crippen LogP) is 2.72. The Balaban J connectivity index is 1.82. The van der Waals surface area contributed by atoms with E-state index in [0.717, 1.165) is 18.4 Å². The Hall–Kier alpha value is -1.82. The van der Waals surface area contributed by atoms with E-state index in [2.05, 4.69) is 10.2 Å². The summed E-state index contributed by atoms with van der Waals surface area (Å²) in [5.74, 6) is -0.0282. The van der Waals surface area contributed by atoms with Crippen LogP contribution in [0.15, 0.2) is 24.3 Å². The summed E-state index contributed by atoms with van der Waals surface area (Å²) in [6.45, 7) is 0. The molecule has 0 aliphatic heterocycles. The van der Waals surface area contributed by atoms with Gasteiger partial charge in [-0.2, -0.15) is 0 Å². The summed E-state index contributed by atoms with van der Waals surface area (Å²) >= 11 is 1.33. The van der Waals surface area contributed by atoms with E-state index in [1.807, 2.05) is 0 Å². The molecule has 1 heterocycles. The van der Waals surface area contributed by atoms with Crippen molar-refractivity contribution >= 4 is 22.4 Å². The SMILES string of the molecule is CN(C(=O)C1CC1)c1nnc(-c2ccc(F)cc2)s1. The molecule has 1 aliphatic carbocycles. The molecule has 1 saturated carbocycles. The average molecular weight is 277 g/mol. The maximum atomic E-state index is 12.9. The molecule has 1 aliphatic rings. The number of rotatable bonds is 3. The van der Waals surface area contributed by atoms with E-state index in [1.165, 1.54) is 23.5 Å². The van der Waals surface area contributed by atoms with Crippen LogP contribution in [0, 0.1) is 11.7 Å². The van der Waals surface area contributed by atoms with Crippen LogP contribution < -0.4 is 4.90 Å². The van der Waals surface area contributed by atoms with Crippen molar-refractivity contribution in [1.29, 1.82) is 0 Å². The monoisotopic (exact) mass is 277 g/mol. The van der Waals surface area contributed by atoms with Crippen LogP contribution in [0.4, 0.5) is 9.52 Å². The highest BCUT2D eigenvalue weighted by atomic mass is 32.1. The molecule has 0 bridgehead atoms. The zero-order chi connectivity index (χ0) is 13.4. The third-order valence-corrected chi connectivity index (χ3v) is 4.10. The van der Waals surface area contributed by atoms with Gasteiger partial charge < -0.3 is 0 Å². The zero-order valence-corrected chi connectivity index (χ0v) is 11.2. The van der Waals surface area contributed by atoms with Crippen LogP contribution >= 0.6 is 11.3 Å². The summed E-state index contributed by atoms with van der Waals surface area (Å²) in [6, 6.07) is 6.08. The van der Waals surface area contributed by atoms with Crippen LogP contribution in [0.5, 0.6) is 0 Å². The number of hydrogen-bond acceptors (Lipinski definition) is 4. The normalized spacial score (nSPS) is 14.4. The Labute approximate surface area is 113 Å². The van der Waals surface area contributed by atoms with E-state index >= 15 is 0 Å². The van der Waals surface area contributed by atoms with Crippen molar-refractivity contribution in [3.05, 3.63) is 30.1 Å². The molecule has 4 nitrogen and oxygen atoms in total. The van der Waals surface area contributed by atoms with E-state index in [9.17, 15) is 9.18 Å². The van der Waals surface area contributed by atoms with Crippen molar-refractivity contribution in [2.75, 3.05) is 11.9 Å². The summed E-state index contributed by atoms with van der Waals surface area (Å²) in [5, 5.41) is 9.34. The smallest absolute Gasteiger partial charge is 0.231 e. The molecule has 3 rings (SSSR count). The quantitative estimate of drug-likeness (QED) is 0.866. The van der Waals surface area contributed by atoms with Gasteiger partial charge in [-0.3, -0.25) is 9.69 Å². The maximum Gasteiger partial charge on any atom is 0.231 e. The van der Waals surface area contributed by atoms with Gasteiger partial charge >= 0.3 is 0 Å². The first kappa shape index (κ1) is 12.2. The van der Waals surface area contributed by atoms with Gasteiger partial charge in [-0.15, -0.1) is 10.2 Å². The molecule has 6 heteroatoms. The van der Waals surface area contributed by atoms with Crippen LogP contribution in [-0.4, -0.2) is 23.2 Å². The molecule has 0 spiro atoms. The number of halogens is 1. The first-order valence-electron chi connectivity index (χ1n) is 6.02. The first-order chi connectivity index (χ1) is 9.15. The van der Waals surface area contributed by atoms with Gasteiger partial charge in [0.05, 0.1) is 0 Å². The third-order valence-electron chi connectivity index (χ3n) is 3.05. The highest BCUT2D eigenvalue weighted by molar-refractivity contribution is 7.18. The first-order valence-corrected chi connectivity index (χ1v) is 6.84. The van der Waals surface area contributed by atoms with Gasteiger partial charge in [0.15, 0.2) is 0 Å². The Bertz CT molecular complexity index is 607. The lowest BCUT2D eigenvalue weighted by molar-refractivity contribution is -0.119. The molecule has 19 heavy (non-hydrogen) atoms. The lowest BCUT2D eigenvalue weighted by Gasteiger charge is -2.11. The maximum absolute atomic E-state index is 12.9. The summed E-state index contributed by atoms with van der Waals surface area (Å²) < 4.78 is 12.9. The summed E-state index contributed by atoms with van der Waals surface area (Å²) in [7, 11) is 1.72.